The van der Waals surface area contributed by atoms with Gasteiger partial charge in [-0.05, 0) is 30.8 Å². The summed E-state index contributed by atoms with van der Waals surface area (Å²) in [7, 11) is 1.40. The first-order valence-electron chi connectivity index (χ1n) is 7.49. The zero-order valence-electron chi connectivity index (χ0n) is 12.2. The summed E-state index contributed by atoms with van der Waals surface area (Å²) in [5.41, 5.74) is 0.876. The molecule has 0 aromatic carbocycles. The molecule has 19 heavy (non-hydrogen) atoms. The lowest BCUT2D eigenvalue weighted by Crippen LogP contribution is -2.10. The molecule has 1 aliphatic carbocycles. The number of Topliss-reactive ketones (excluding diaryl/α,β-unsaturated/α-hetero) is 1. The Morgan fingerprint density at radius 3 is 2.74 bits per heavy atom. The van der Waals surface area contributed by atoms with E-state index in [0.717, 1.165) is 24.8 Å². The molecule has 3 heteroatoms. The Hall–Kier alpha value is -1.12. The third-order valence-corrected chi connectivity index (χ3v) is 3.79. The van der Waals surface area contributed by atoms with Crippen LogP contribution in [0.4, 0.5) is 0 Å². The van der Waals surface area contributed by atoms with Crippen molar-refractivity contribution in [2.75, 3.05) is 7.11 Å². The quantitative estimate of drug-likeness (QED) is 0.381. The molecule has 0 radical (unpaired) electrons. The fourth-order valence-electron chi connectivity index (χ4n) is 2.62. The topological polar surface area (TPSA) is 43.4 Å². The highest BCUT2D eigenvalue weighted by Crippen LogP contribution is 2.31. The average Bonchev–Trinajstić information content (AvgIpc) is 2.75. The van der Waals surface area contributed by atoms with Crippen LogP contribution in [0.15, 0.2) is 11.6 Å². The number of methoxy groups -OCH3 is 1. The first-order chi connectivity index (χ1) is 9.19. The van der Waals surface area contributed by atoms with E-state index in [0.29, 0.717) is 12.8 Å². The van der Waals surface area contributed by atoms with Crippen molar-refractivity contribution in [1.29, 1.82) is 0 Å². The second kappa shape index (κ2) is 8.89. The highest BCUT2D eigenvalue weighted by atomic mass is 16.5. The van der Waals surface area contributed by atoms with E-state index < -0.39 is 0 Å². The van der Waals surface area contributed by atoms with E-state index in [1.807, 2.05) is 0 Å². The van der Waals surface area contributed by atoms with Gasteiger partial charge in [0.05, 0.1) is 13.5 Å². The Labute approximate surface area is 116 Å². The second-order valence-corrected chi connectivity index (χ2v) is 5.30. The van der Waals surface area contributed by atoms with Crippen LogP contribution in [0, 0.1) is 5.92 Å². The molecule has 0 saturated heterocycles. The molecule has 1 rings (SSSR count). The minimum absolute atomic E-state index is 0.0931. The van der Waals surface area contributed by atoms with Crippen molar-refractivity contribution in [1.82, 2.24) is 0 Å². The van der Waals surface area contributed by atoms with Crippen LogP contribution in [0.2, 0.25) is 0 Å². The maximum absolute atomic E-state index is 11.8. The zero-order valence-corrected chi connectivity index (χ0v) is 12.2. The summed E-state index contributed by atoms with van der Waals surface area (Å²) >= 11 is 0. The van der Waals surface area contributed by atoms with Gasteiger partial charge in [0.1, 0.15) is 0 Å². The first-order valence-corrected chi connectivity index (χ1v) is 7.49. The molecule has 1 atom stereocenters. The molecule has 1 fully saturated rings. The fourth-order valence-corrected chi connectivity index (χ4v) is 2.62. The maximum Gasteiger partial charge on any atom is 0.306 e. The minimum atomic E-state index is -0.214. The number of ketones is 1. The SMILES string of the molecule is CCCCCCCC=C1C(=O)CCC1CC(=O)OC. The van der Waals surface area contributed by atoms with E-state index in [2.05, 4.69) is 17.7 Å². The first kappa shape index (κ1) is 15.9. The normalized spacial score (nSPS) is 21.1. The number of carbonyl (C=O) groups is 2. The van der Waals surface area contributed by atoms with E-state index in [9.17, 15) is 9.59 Å². The number of rotatable bonds is 8. The molecule has 0 spiro atoms. The number of unbranched alkanes of at least 4 members (excludes halogenated alkanes) is 5. The molecule has 0 aliphatic heterocycles. The predicted octanol–water partition coefficient (Wildman–Crippen LogP) is 3.82. The lowest BCUT2D eigenvalue weighted by Gasteiger charge is -2.09. The Bertz CT molecular complexity index is 331. The molecule has 108 valence electrons. The van der Waals surface area contributed by atoms with Crippen LogP contribution in [-0.4, -0.2) is 18.9 Å². The number of hydrogen-bond donors (Lipinski definition) is 0. The van der Waals surface area contributed by atoms with Crippen LogP contribution >= 0.6 is 0 Å². The number of carbonyl (C=O) groups excluding carboxylic acids is 2. The van der Waals surface area contributed by atoms with Crippen LogP contribution < -0.4 is 0 Å². The van der Waals surface area contributed by atoms with Gasteiger partial charge in [0.15, 0.2) is 5.78 Å². The van der Waals surface area contributed by atoms with Crippen molar-refractivity contribution in [2.45, 2.75) is 64.7 Å². The highest BCUT2D eigenvalue weighted by molar-refractivity contribution is 5.98. The Kier molecular flexibility index (Phi) is 7.46. The molecule has 1 saturated carbocycles. The zero-order chi connectivity index (χ0) is 14.1. The monoisotopic (exact) mass is 266 g/mol. The third kappa shape index (κ3) is 5.58. The van der Waals surface area contributed by atoms with Gasteiger partial charge < -0.3 is 4.74 Å². The lowest BCUT2D eigenvalue weighted by molar-refractivity contribution is -0.141. The third-order valence-electron chi connectivity index (χ3n) is 3.79. The van der Waals surface area contributed by atoms with Gasteiger partial charge in [-0.15, -0.1) is 0 Å². The summed E-state index contributed by atoms with van der Waals surface area (Å²) in [4.78, 5) is 23.1. The van der Waals surface area contributed by atoms with Crippen molar-refractivity contribution < 1.29 is 14.3 Å². The summed E-state index contributed by atoms with van der Waals surface area (Å²) in [6, 6.07) is 0. The van der Waals surface area contributed by atoms with Crippen molar-refractivity contribution in [3.05, 3.63) is 11.6 Å². The van der Waals surface area contributed by atoms with E-state index in [1.54, 1.807) is 0 Å². The molecule has 1 aliphatic rings. The van der Waals surface area contributed by atoms with E-state index in [1.165, 1.54) is 32.8 Å². The van der Waals surface area contributed by atoms with Gasteiger partial charge in [-0.2, -0.15) is 0 Å². The van der Waals surface area contributed by atoms with Gasteiger partial charge in [0, 0.05) is 6.42 Å². The highest BCUT2D eigenvalue weighted by Gasteiger charge is 2.29. The molecule has 0 amide bonds. The van der Waals surface area contributed by atoms with Gasteiger partial charge in [0.2, 0.25) is 0 Å². The number of hydrogen-bond acceptors (Lipinski definition) is 3. The lowest BCUT2D eigenvalue weighted by atomic mass is 9.97. The maximum atomic E-state index is 11.8. The number of esters is 1. The van der Waals surface area contributed by atoms with E-state index in [-0.39, 0.29) is 17.7 Å². The molecule has 3 nitrogen and oxygen atoms in total. The molecular formula is C16H26O3. The average molecular weight is 266 g/mol. The Balaban J connectivity index is 2.38. The summed E-state index contributed by atoms with van der Waals surface area (Å²) in [6.07, 6.45) is 11.0. The fraction of sp³-hybridized carbons (Fsp3) is 0.750. The molecule has 0 bridgehead atoms. The van der Waals surface area contributed by atoms with Crippen LogP contribution in [0.3, 0.4) is 0 Å². The van der Waals surface area contributed by atoms with Gasteiger partial charge >= 0.3 is 5.97 Å². The predicted molar refractivity (Wildman–Crippen MR) is 75.8 cm³/mol. The largest absolute Gasteiger partial charge is 0.469 e. The van der Waals surface area contributed by atoms with Gasteiger partial charge in [0.25, 0.3) is 0 Å². The van der Waals surface area contributed by atoms with Crippen molar-refractivity contribution >= 4 is 11.8 Å². The van der Waals surface area contributed by atoms with E-state index in [4.69, 9.17) is 0 Å². The Morgan fingerprint density at radius 2 is 2.05 bits per heavy atom. The molecule has 1 unspecified atom stereocenters. The molecule has 0 heterocycles. The van der Waals surface area contributed by atoms with Crippen LogP contribution in [0.5, 0.6) is 0 Å². The van der Waals surface area contributed by atoms with Crippen LogP contribution in [0.25, 0.3) is 0 Å². The smallest absolute Gasteiger partial charge is 0.306 e. The number of ether oxygens (including phenoxy) is 1. The molecule has 0 N–H and O–H groups in total. The van der Waals surface area contributed by atoms with E-state index >= 15 is 0 Å². The molecular weight excluding hydrogens is 240 g/mol. The number of allylic oxidation sites excluding steroid dienone is 2. The summed E-state index contributed by atoms with van der Waals surface area (Å²) in [5, 5.41) is 0. The van der Waals surface area contributed by atoms with Gasteiger partial charge in [-0.3, -0.25) is 9.59 Å². The van der Waals surface area contributed by atoms with Gasteiger partial charge in [-0.1, -0.05) is 38.7 Å². The van der Waals surface area contributed by atoms with Gasteiger partial charge in [-0.25, -0.2) is 0 Å². The van der Waals surface area contributed by atoms with Crippen molar-refractivity contribution in [3.8, 4) is 0 Å². The summed E-state index contributed by atoms with van der Waals surface area (Å²) in [5.74, 6) is 0.103. The minimum Gasteiger partial charge on any atom is -0.469 e. The van der Waals surface area contributed by atoms with Crippen LogP contribution in [-0.2, 0) is 14.3 Å². The second-order valence-electron chi connectivity index (χ2n) is 5.30. The summed E-state index contributed by atoms with van der Waals surface area (Å²) in [6.45, 7) is 2.20. The van der Waals surface area contributed by atoms with Crippen molar-refractivity contribution in [3.63, 3.8) is 0 Å². The Morgan fingerprint density at radius 1 is 1.32 bits per heavy atom. The molecule has 0 aromatic heterocycles. The standard InChI is InChI=1S/C16H26O3/c1-3-4-5-6-7-8-9-14-13(10-11-15(14)17)12-16(18)19-2/h9,13H,3-8,10-12H2,1-2H3. The van der Waals surface area contributed by atoms with Crippen LogP contribution in [0.1, 0.15) is 64.7 Å². The van der Waals surface area contributed by atoms with Crippen molar-refractivity contribution in [2.24, 2.45) is 5.92 Å². The molecule has 0 aromatic rings. The summed E-state index contributed by atoms with van der Waals surface area (Å²) < 4.78 is 4.69.